The Labute approximate surface area is 124 Å². The molecule has 0 spiro atoms. The molecule has 2 aromatic rings. The van der Waals surface area contributed by atoms with E-state index in [-0.39, 0.29) is 5.56 Å². The zero-order valence-corrected chi connectivity index (χ0v) is 12.3. The van der Waals surface area contributed by atoms with Crippen LogP contribution >= 0.6 is 22.6 Å². The first-order valence-corrected chi connectivity index (χ1v) is 6.86. The molecule has 1 N–H and O–H groups in total. The van der Waals surface area contributed by atoms with Gasteiger partial charge in [-0.25, -0.2) is 9.78 Å². The SMILES string of the molecule is O=C(O)c1ccc(I)c(OCCCn2ccnc2)c1. The molecule has 1 aromatic carbocycles. The normalized spacial score (nSPS) is 10.4. The highest BCUT2D eigenvalue weighted by Gasteiger charge is 2.07. The number of imidazole rings is 1. The maximum Gasteiger partial charge on any atom is 0.335 e. The quantitative estimate of drug-likeness (QED) is 0.626. The first-order valence-electron chi connectivity index (χ1n) is 5.78. The number of carbonyl (C=O) groups is 1. The van der Waals surface area contributed by atoms with Crippen LogP contribution < -0.4 is 4.74 Å². The molecule has 5 nitrogen and oxygen atoms in total. The molecule has 0 aliphatic carbocycles. The lowest BCUT2D eigenvalue weighted by Crippen LogP contribution is -2.05. The predicted molar refractivity (Wildman–Crippen MR) is 78.5 cm³/mol. The predicted octanol–water partition coefficient (Wildman–Crippen LogP) is 2.66. The number of nitrogens with zero attached hydrogens (tertiary/aromatic N) is 2. The van der Waals surface area contributed by atoms with Crippen LogP contribution in [0, 0.1) is 3.57 Å². The van der Waals surface area contributed by atoms with Crippen molar-refractivity contribution in [2.24, 2.45) is 0 Å². The van der Waals surface area contributed by atoms with Crippen LogP contribution in [0.5, 0.6) is 5.75 Å². The third-order valence-electron chi connectivity index (χ3n) is 2.56. The molecule has 0 amide bonds. The Morgan fingerprint density at radius 2 is 2.32 bits per heavy atom. The maximum atomic E-state index is 10.9. The van der Waals surface area contributed by atoms with Crippen LogP contribution in [-0.2, 0) is 6.54 Å². The highest BCUT2D eigenvalue weighted by atomic mass is 127. The summed E-state index contributed by atoms with van der Waals surface area (Å²) in [5.41, 5.74) is 0.241. The number of hydrogen-bond donors (Lipinski definition) is 1. The number of ether oxygens (including phenoxy) is 1. The van der Waals surface area contributed by atoms with Crippen LogP contribution in [0.1, 0.15) is 16.8 Å². The smallest absolute Gasteiger partial charge is 0.335 e. The van der Waals surface area contributed by atoms with Gasteiger partial charge < -0.3 is 14.4 Å². The Balaban J connectivity index is 1.88. The van der Waals surface area contributed by atoms with Gasteiger partial charge in [-0.05, 0) is 47.2 Å². The Kier molecular flexibility index (Phi) is 4.78. The molecule has 19 heavy (non-hydrogen) atoms. The van der Waals surface area contributed by atoms with E-state index in [2.05, 4.69) is 27.6 Å². The van der Waals surface area contributed by atoms with Crippen LogP contribution in [0.3, 0.4) is 0 Å². The van der Waals surface area contributed by atoms with Crippen LogP contribution in [-0.4, -0.2) is 27.2 Å². The van der Waals surface area contributed by atoms with Crippen molar-refractivity contribution >= 4 is 28.6 Å². The summed E-state index contributed by atoms with van der Waals surface area (Å²) in [4.78, 5) is 14.8. The summed E-state index contributed by atoms with van der Waals surface area (Å²) in [6, 6.07) is 4.87. The van der Waals surface area contributed by atoms with E-state index in [0.717, 1.165) is 16.5 Å². The van der Waals surface area contributed by atoms with Gasteiger partial charge in [0.25, 0.3) is 0 Å². The second kappa shape index (κ2) is 6.55. The van der Waals surface area contributed by atoms with Gasteiger partial charge in [0, 0.05) is 18.9 Å². The van der Waals surface area contributed by atoms with Gasteiger partial charge in [0.1, 0.15) is 5.75 Å². The van der Waals surface area contributed by atoms with Crippen molar-refractivity contribution in [3.05, 3.63) is 46.1 Å². The largest absolute Gasteiger partial charge is 0.492 e. The number of aryl methyl sites for hydroxylation is 1. The van der Waals surface area contributed by atoms with Crippen molar-refractivity contribution in [2.75, 3.05) is 6.61 Å². The number of aromatic carboxylic acids is 1. The zero-order chi connectivity index (χ0) is 13.7. The second-order valence-corrected chi connectivity index (χ2v) is 5.12. The fourth-order valence-corrected chi connectivity index (χ4v) is 2.09. The first kappa shape index (κ1) is 13.9. The summed E-state index contributed by atoms with van der Waals surface area (Å²) in [5, 5.41) is 8.93. The number of aromatic nitrogens is 2. The molecule has 100 valence electrons. The number of carboxylic acid groups (broad SMARTS) is 1. The zero-order valence-electron chi connectivity index (χ0n) is 10.1. The van der Waals surface area contributed by atoms with Gasteiger partial charge in [-0.3, -0.25) is 0 Å². The standard InChI is InChI=1S/C13H13IN2O3/c14-11-3-2-10(13(17)18)8-12(11)19-7-1-5-16-6-4-15-9-16/h2-4,6,8-9H,1,5,7H2,(H,17,18). The lowest BCUT2D eigenvalue weighted by molar-refractivity contribution is 0.0696. The van der Waals surface area contributed by atoms with Gasteiger partial charge in [-0.15, -0.1) is 0 Å². The minimum atomic E-state index is -0.945. The fourth-order valence-electron chi connectivity index (χ4n) is 1.60. The number of rotatable bonds is 6. The maximum absolute atomic E-state index is 10.9. The highest BCUT2D eigenvalue weighted by molar-refractivity contribution is 14.1. The number of hydrogen-bond acceptors (Lipinski definition) is 3. The van der Waals surface area contributed by atoms with Crippen molar-refractivity contribution in [3.8, 4) is 5.75 Å². The van der Waals surface area contributed by atoms with Gasteiger partial charge in [0.2, 0.25) is 0 Å². The molecule has 0 radical (unpaired) electrons. The van der Waals surface area contributed by atoms with Gasteiger partial charge in [-0.1, -0.05) is 0 Å². The van der Waals surface area contributed by atoms with E-state index < -0.39 is 5.97 Å². The molecule has 0 saturated carbocycles. The summed E-state index contributed by atoms with van der Waals surface area (Å²) in [5.74, 6) is -0.328. The third kappa shape index (κ3) is 3.95. The monoisotopic (exact) mass is 372 g/mol. The number of benzene rings is 1. The molecule has 1 aromatic heterocycles. The second-order valence-electron chi connectivity index (χ2n) is 3.95. The van der Waals surface area contributed by atoms with Crippen LogP contribution in [0.4, 0.5) is 0 Å². The molecule has 0 unspecified atom stereocenters. The van der Waals surface area contributed by atoms with Crippen LogP contribution in [0.25, 0.3) is 0 Å². The molecule has 0 saturated heterocycles. The van der Waals surface area contributed by atoms with Crippen molar-refractivity contribution in [1.82, 2.24) is 9.55 Å². The number of carboxylic acids is 1. The summed E-state index contributed by atoms with van der Waals surface area (Å²) in [6.07, 6.45) is 6.23. The van der Waals surface area contributed by atoms with E-state index in [1.54, 1.807) is 30.7 Å². The van der Waals surface area contributed by atoms with E-state index in [0.29, 0.717) is 12.4 Å². The topological polar surface area (TPSA) is 64.3 Å². The lowest BCUT2D eigenvalue weighted by Gasteiger charge is -2.09. The van der Waals surface area contributed by atoms with E-state index >= 15 is 0 Å². The van der Waals surface area contributed by atoms with Crippen molar-refractivity contribution in [1.29, 1.82) is 0 Å². The van der Waals surface area contributed by atoms with E-state index in [1.807, 2.05) is 10.8 Å². The van der Waals surface area contributed by atoms with E-state index in [4.69, 9.17) is 9.84 Å². The molecule has 6 heteroatoms. The highest BCUT2D eigenvalue weighted by Crippen LogP contribution is 2.22. The van der Waals surface area contributed by atoms with Crippen molar-refractivity contribution < 1.29 is 14.6 Å². The Hall–Kier alpha value is -1.57. The minimum absolute atomic E-state index is 0.241. The molecule has 2 rings (SSSR count). The first-order chi connectivity index (χ1) is 9.16. The molecule has 0 aliphatic rings. The Morgan fingerprint density at radius 3 is 3.00 bits per heavy atom. The van der Waals surface area contributed by atoms with Crippen molar-refractivity contribution in [3.63, 3.8) is 0 Å². The minimum Gasteiger partial charge on any atom is -0.492 e. The van der Waals surface area contributed by atoms with E-state index in [9.17, 15) is 4.79 Å². The fraction of sp³-hybridized carbons (Fsp3) is 0.231. The average molecular weight is 372 g/mol. The Morgan fingerprint density at radius 1 is 1.47 bits per heavy atom. The average Bonchev–Trinajstić information content (AvgIpc) is 2.89. The number of halogens is 1. The molecule has 0 atom stereocenters. The van der Waals surface area contributed by atoms with Gasteiger partial charge >= 0.3 is 5.97 Å². The summed E-state index contributed by atoms with van der Waals surface area (Å²) >= 11 is 2.13. The van der Waals surface area contributed by atoms with Gasteiger partial charge in [0.05, 0.1) is 22.1 Å². The van der Waals surface area contributed by atoms with Gasteiger partial charge in [-0.2, -0.15) is 0 Å². The van der Waals surface area contributed by atoms with Gasteiger partial charge in [0.15, 0.2) is 0 Å². The lowest BCUT2D eigenvalue weighted by atomic mass is 10.2. The molecule has 0 fully saturated rings. The summed E-state index contributed by atoms with van der Waals surface area (Å²) in [6.45, 7) is 1.37. The summed E-state index contributed by atoms with van der Waals surface area (Å²) < 4.78 is 8.50. The van der Waals surface area contributed by atoms with Crippen LogP contribution in [0.2, 0.25) is 0 Å². The molecule has 0 bridgehead atoms. The Bertz CT molecular complexity index is 555. The molecular weight excluding hydrogens is 359 g/mol. The summed E-state index contributed by atoms with van der Waals surface area (Å²) in [7, 11) is 0. The van der Waals surface area contributed by atoms with Crippen LogP contribution in [0.15, 0.2) is 36.9 Å². The van der Waals surface area contributed by atoms with Crippen molar-refractivity contribution in [2.45, 2.75) is 13.0 Å². The molecular formula is C13H13IN2O3. The third-order valence-corrected chi connectivity index (χ3v) is 3.45. The van der Waals surface area contributed by atoms with E-state index in [1.165, 1.54) is 0 Å². The molecule has 0 aliphatic heterocycles. The molecule has 1 heterocycles.